The minimum absolute atomic E-state index is 0.0737. The summed E-state index contributed by atoms with van der Waals surface area (Å²) in [6, 6.07) is 10.9. The molecule has 0 unspecified atom stereocenters. The van der Waals surface area contributed by atoms with Crippen LogP contribution in [0.4, 0.5) is 10.1 Å². The van der Waals surface area contributed by atoms with Gasteiger partial charge in [0.2, 0.25) is 0 Å². The number of amides is 1. The molecule has 1 N–H and O–H groups in total. The number of hydrazone groups is 1. The van der Waals surface area contributed by atoms with E-state index in [9.17, 15) is 19.3 Å². The molecule has 1 amide bonds. The molecule has 0 radical (unpaired) electrons. The molecule has 21 heavy (non-hydrogen) atoms. The highest BCUT2D eigenvalue weighted by molar-refractivity contribution is 5.94. The summed E-state index contributed by atoms with van der Waals surface area (Å²) in [6.07, 6.45) is 1.27. The van der Waals surface area contributed by atoms with Gasteiger partial charge in [0.25, 0.3) is 11.6 Å². The third-order valence-electron chi connectivity index (χ3n) is 2.55. The second-order valence-corrected chi connectivity index (χ2v) is 4.06. The molecule has 106 valence electrons. The highest BCUT2D eigenvalue weighted by atomic mass is 19.1. The molecular formula is C14H10FN3O3. The monoisotopic (exact) mass is 287 g/mol. The highest BCUT2D eigenvalue weighted by Gasteiger charge is 2.06. The van der Waals surface area contributed by atoms with E-state index in [2.05, 4.69) is 10.5 Å². The Balaban J connectivity index is 2.04. The molecule has 6 nitrogen and oxygen atoms in total. The van der Waals surface area contributed by atoms with E-state index < -0.39 is 16.6 Å². The molecule has 7 heteroatoms. The number of nitrogens with one attached hydrogen (secondary N) is 1. The van der Waals surface area contributed by atoms with Crippen LogP contribution in [-0.4, -0.2) is 17.0 Å². The summed E-state index contributed by atoms with van der Waals surface area (Å²) < 4.78 is 13.0. The predicted octanol–water partition coefficient (Wildman–Crippen LogP) is 2.50. The summed E-state index contributed by atoms with van der Waals surface area (Å²) in [6.45, 7) is 0. The third-order valence-corrected chi connectivity index (χ3v) is 2.55. The second-order valence-electron chi connectivity index (χ2n) is 4.06. The van der Waals surface area contributed by atoms with Crippen LogP contribution in [-0.2, 0) is 0 Å². The van der Waals surface area contributed by atoms with Crippen molar-refractivity contribution in [3.8, 4) is 0 Å². The van der Waals surface area contributed by atoms with Crippen LogP contribution in [0.15, 0.2) is 53.6 Å². The van der Waals surface area contributed by atoms with Gasteiger partial charge >= 0.3 is 0 Å². The van der Waals surface area contributed by atoms with E-state index in [-0.39, 0.29) is 11.3 Å². The van der Waals surface area contributed by atoms with Crippen molar-refractivity contribution in [3.63, 3.8) is 0 Å². The first kappa shape index (κ1) is 14.3. The van der Waals surface area contributed by atoms with Gasteiger partial charge in [-0.3, -0.25) is 14.9 Å². The van der Waals surface area contributed by atoms with E-state index in [0.717, 1.165) is 6.07 Å². The van der Waals surface area contributed by atoms with Crippen LogP contribution in [0, 0.1) is 15.9 Å². The number of halogens is 1. The predicted molar refractivity (Wildman–Crippen MR) is 74.6 cm³/mol. The van der Waals surface area contributed by atoms with Crippen molar-refractivity contribution >= 4 is 17.8 Å². The molecule has 0 spiro atoms. The SMILES string of the molecule is O=C(N/N=C/c1cccc([N+](=O)[O-])c1)c1cccc(F)c1. The second kappa shape index (κ2) is 6.38. The first-order valence-electron chi connectivity index (χ1n) is 5.90. The molecule has 0 saturated carbocycles. The maximum absolute atomic E-state index is 13.0. The van der Waals surface area contributed by atoms with E-state index in [1.54, 1.807) is 6.07 Å². The normalized spacial score (nSPS) is 10.5. The topological polar surface area (TPSA) is 84.6 Å². The van der Waals surface area contributed by atoms with Crippen molar-refractivity contribution in [2.45, 2.75) is 0 Å². The zero-order valence-corrected chi connectivity index (χ0v) is 10.7. The van der Waals surface area contributed by atoms with Crippen molar-refractivity contribution in [1.29, 1.82) is 0 Å². The summed E-state index contributed by atoms with van der Waals surface area (Å²) in [5.41, 5.74) is 2.74. The molecule has 0 heterocycles. The number of nitro groups is 1. The number of nitrogens with zero attached hydrogens (tertiary/aromatic N) is 2. The van der Waals surface area contributed by atoms with Gasteiger partial charge < -0.3 is 0 Å². The molecule has 0 bridgehead atoms. The average molecular weight is 287 g/mol. The van der Waals surface area contributed by atoms with Crippen LogP contribution >= 0.6 is 0 Å². The van der Waals surface area contributed by atoms with Crippen LogP contribution in [0.1, 0.15) is 15.9 Å². The Morgan fingerprint density at radius 2 is 2.00 bits per heavy atom. The molecule has 2 rings (SSSR count). The van der Waals surface area contributed by atoms with Gasteiger partial charge in [0, 0.05) is 23.3 Å². The number of non-ortho nitro benzene ring substituents is 1. The number of carbonyl (C=O) groups is 1. The minimum Gasteiger partial charge on any atom is -0.267 e. The number of hydrogen-bond acceptors (Lipinski definition) is 4. The lowest BCUT2D eigenvalue weighted by atomic mass is 10.2. The van der Waals surface area contributed by atoms with E-state index in [1.807, 2.05) is 0 Å². The van der Waals surface area contributed by atoms with Gasteiger partial charge in [0.05, 0.1) is 11.1 Å². The lowest BCUT2D eigenvalue weighted by molar-refractivity contribution is -0.384. The number of rotatable bonds is 4. The Morgan fingerprint density at radius 3 is 2.71 bits per heavy atom. The molecule has 0 aliphatic carbocycles. The van der Waals surface area contributed by atoms with Gasteiger partial charge in [-0.1, -0.05) is 18.2 Å². The van der Waals surface area contributed by atoms with Crippen molar-refractivity contribution in [3.05, 3.63) is 75.6 Å². The molecular weight excluding hydrogens is 277 g/mol. The van der Waals surface area contributed by atoms with Gasteiger partial charge in [-0.2, -0.15) is 5.10 Å². The molecule has 0 atom stereocenters. The summed E-state index contributed by atoms with van der Waals surface area (Å²) in [7, 11) is 0. The third kappa shape index (κ3) is 3.93. The Kier molecular flexibility index (Phi) is 4.35. The van der Waals surface area contributed by atoms with E-state index >= 15 is 0 Å². The fourth-order valence-electron chi connectivity index (χ4n) is 1.58. The molecule has 2 aromatic carbocycles. The van der Waals surface area contributed by atoms with E-state index in [4.69, 9.17) is 0 Å². The van der Waals surface area contributed by atoms with Crippen LogP contribution in [0.2, 0.25) is 0 Å². The average Bonchev–Trinajstić information content (AvgIpc) is 2.47. The minimum atomic E-state index is -0.573. The van der Waals surface area contributed by atoms with Gasteiger partial charge in [-0.15, -0.1) is 0 Å². The Bertz CT molecular complexity index is 716. The van der Waals surface area contributed by atoms with Crippen LogP contribution < -0.4 is 5.43 Å². The van der Waals surface area contributed by atoms with Crippen molar-refractivity contribution in [2.24, 2.45) is 5.10 Å². The van der Waals surface area contributed by atoms with Crippen LogP contribution in [0.25, 0.3) is 0 Å². The Morgan fingerprint density at radius 1 is 1.24 bits per heavy atom. The molecule has 0 aromatic heterocycles. The molecule has 0 aliphatic rings. The zero-order chi connectivity index (χ0) is 15.2. The van der Waals surface area contributed by atoms with Crippen molar-refractivity contribution in [2.75, 3.05) is 0 Å². The molecule has 2 aromatic rings. The molecule has 0 aliphatic heterocycles. The highest BCUT2D eigenvalue weighted by Crippen LogP contribution is 2.11. The summed E-state index contributed by atoms with van der Waals surface area (Å²) in [5.74, 6) is -1.10. The maximum Gasteiger partial charge on any atom is 0.271 e. The fourth-order valence-corrected chi connectivity index (χ4v) is 1.58. The lowest BCUT2D eigenvalue weighted by Crippen LogP contribution is -2.17. The van der Waals surface area contributed by atoms with E-state index in [0.29, 0.717) is 5.56 Å². The lowest BCUT2D eigenvalue weighted by Gasteiger charge is -1.99. The van der Waals surface area contributed by atoms with Crippen LogP contribution in [0.5, 0.6) is 0 Å². The summed E-state index contributed by atoms with van der Waals surface area (Å²) in [5, 5.41) is 14.3. The van der Waals surface area contributed by atoms with Crippen molar-refractivity contribution < 1.29 is 14.1 Å². The van der Waals surface area contributed by atoms with Gasteiger partial charge in [0.15, 0.2) is 0 Å². The van der Waals surface area contributed by atoms with Gasteiger partial charge in [-0.05, 0) is 18.2 Å². The number of carbonyl (C=O) groups excluding carboxylic acids is 1. The Hall–Kier alpha value is -3.09. The first-order valence-corrected chi connectivity index (χ1v) is 5.90. The number of nitro benzene ring substituents is 1. The number of benzene rings is 2. The van der Waals surface area contributed by atoms with E-state index in [1.165, 1.54) is 42.6 Å². The first-order chi connectivity index (χ1) is 10.1. The quantitative estimate of drug-likeness (QED) is 0.532. The molecule has 0 saturated heterocycles. The Labute approximate surface area is 119 Å². The number of hydrogen-bond donors (Lipinski definition) is 1. The molecule has 0 fully saturated rings. The largest absolute Gasteiger partial charge is 0.271 e. The smallest absolute Gasteiger partial charge is 0.267 e. The fraction of sp³-hybridized carbons (Fsp3) is 0. The standard InChI is InChI=1S/C14H10FN3O3/c15-12-5-2-4-11(8-12)14(19)17-16-9-10-3-1-6-13(7-10)18(20)21/h1-9H,(H,17,19)/b16-9+. The maximum atomic E-state index is 13.0. The van der Waals surface area contributed by atoms with Crippen molar-refractivity contribution in [1.82, 2.24) is 5.43 Å². The zero-order valence-electron chi connectivity index (χ0n) is 10.7. The van der Waals surface area contributed by atoms with Crippen LogP contribution in [0.3, 0.4) is 0 Å². The van der Waals surface area contributed by atoms with Gasteiger partial charge in [-0.25, -0.2) is 9.82 Å². The van der Waals surface area contributed by atoms with Gasteiger partial charge in [0.1, 0.15) is 5.82 Å². The summed E-state index contributed by atoms with van der Waals surface area (Å²) >= 11 is 0. The summed E-state index contributed by atoms with van der Waals surface area (Å²) in [4.78, 5) is 21.7.